The highest BCUT2D eigenvalue weighted by Crippen LogP contribution is 2.47. The lowest BCUT2D eigenvalue weighted by atomic mass is 9.89. The Hall–Kier alpha value is -2.56. The molecule has 2 atom stereocenters. The third-order valence-electron chi connectivity index (χ3n) is 4.43. The molecule has 4 nitrogen and oxygen atoms in total. The Bertz CT molecular complexity index is 787. The van der Waals surface area contributed by atoms with Gasteiger partial charge in [0.15, 0.2) is 0 Å². The lowest BCUT2D eigenvalue weighted by molar-refractivity contribution is 0.151. The molecule has 5 heteroatoms. The second-order valence-electron chi connectivity index (χ2n) is 5.80. The molecule has 2 aliphatic rings. The van der Waals surface area contributed by atoms with Gasteiger partial charge in [0.2, 0.25) is 0 Å². The van der Waals surface area contributed by atoms with E-state index < -0.39 is 0 Å². The zero-order valence-corrected chi connectivity index (χ0v) is 11.9. The highest BCUT2D eigenvalue weighted by Gasteiger charge is 2.36. The minimum absolute atomic E-state index is 0.130. The molecule has 0 bridgehead atoms. The maximum absolute atomic E-state index is 13.4. The van der Waals surface area contributed by atoms with E-state index in [2.05, 4.69) is 4.99 Å². The van der Waals surface area contributed by atoms with Gasteiger partial charge in [-0.2, -0.15) is 4.99 Å². The topological polar surface area (TPSA) is 73.6 Å². The average Bonchev–Trinajstić information content (AvgIpc) is 2.89. The summed E-state index contributed by atoms with van der Waals surface area (Å²) in [5.74, 6) is -0.0696. The second-order valence-corrected chi connectivity index (χ2v) is 5.80. The maximum atomic E-state index is 13.4. The van der Waals surface area contributed by atoms with Crippen LogP contribution in [0, 0.1) is 5.82 Å². The molecule has 1 heterocycles. The van der Waals surface area contributed by atoms with Crippen molar-refractivity contribution in [2.24, 2.45) is 10.7 Å². The number of nitrogens with two attached hydrogens (primary N) is 2. The Kier molecular flexibility index (Phi) is 2.82. The van der Waals surface area contributed by atoms with Crippen LogP contribution in [0.25, 0.3) is 0 Å². The Morgan fingerprint density at radius 3 is 2.82 bits per heavy atom. The molecular formula is C17H16FN3O. The number of amidine groups is 1. The Labute approximate surface area is 127 Å². The van der Waals surface area contributed by atoms with Crippen LogP contribution in [0.5, 0.6) is 0 Å². The van der Waals surface area contributed by atoms with E-state index in [1.807, 2.05) is 18.2 Å². The van der Waals surface area contributed by atoms with E-state index in [4.69, 9.17) is 16.2 Å². The Morgan fingerprint density at radius 1 is 1.09 bits per heavy atom. The molecular weight excluding hydrogens is 281 g/mol. The fraction of sp³-hybridized carbons (Fsp3) is 0.235. The minimum atomic E-state index is -0.234. The fourth-order valence-corrected chi connectivity index (χ4v) is 3.47. The molecule has 0 radical (unpaired) electrons. The van der Waals surface area contributed by atoms with E-state index >= 15 is 0 Å². The molecule has 0 saturated heterocycles. The van der Waals surface area contributed by atoms with Crippen LogP contribution < -0.4 is 11.5 Å². The first-order valence-electron chi connectivity index (χ1n) is 7.30. The molecule has 22 heavy (non-hydrogen) atoms. The van der Waals surface area contributed by atoms with Crippen molar-refractivity contribution >= 4 is 17.4 Å². The number of anilines is 1. The minimum Gasteiger partial charge on any atom is -0.456 e. The molecule has 0 spiro atoms. The van der Waals surface area contributed by atoms with E-state index in [1.54, 1.807) is 12.1 Å². The SMILES string of the molecule is NC1=Nc2ccc(N)cc2C(C2CCc3cc(F)ccc32)O1. The molecule has 0 saturated carbocycles. The lowest BCUT2D eigenvalue weighted by Crippen LogP contribution is -2.26. The summed E-state index contributed by atoms with van der Waals surface area (Å²) in [5, 5.41) is 0. The normalized spacial score (nSPS) is 22.5. The largest absolute Gasteiger partial charge is 0.456 e. The van der Waals surface area contributed by atoms with Crippen molar-refractivity contribution < 1.29 is 9.13 Å². The summed E-state index contributed by atoms with van der Waals surface area (Å²) < 4.78 is 19.2. The molecule has 2 aromatic rings. The lowest BCUT2D eigenvalue weighted by Gasteiger charge is -2.29. The van der Waals surface area contributed by atoms with Gasteiger partial charge < -0.3 is 16.2 Å². The van der Waals surface area contributed by atoms with Gasteiger partial charge in [-0.25, -0.2) is 4.39 Å². The third-order valence-corrected chi connectivity index (χ3v) is 4.43. The zero-order valence-electron chi connectivity index (χ0n) is 11.9. The highest BCUT2D eigenvalue weighted by molar-refractivity contribution is 5.79. The van der Waals surface area contributed by atoms with Crippen molar-refractivity contribution in [2.75, 3.05) is 5.73 Å². The van der Waals surface area contributed by atoms with Crippen LogP contribution in [0.1, 0.15) is 35.1 Å². The Morgan fingerprint density at radius 2 is 1.95 bits per heavy atom. The van der Waals surface area contributed by atoms with Gasteiger partial charge in [0, 0.05) is 17.2 Å². The van der Waals surface area contributed by atoms with Crippen molar-refractivity contribution in [3.8, 4) is 0 Å². The zero-order chi connectivity index (χ0) is 15.3. The van der Waals surface area contributed by atoms with Crippen molar-refractivity contribution in [3.63, 3.8) is 0 Å². The first-order valence-corrected chi connectivity index (χ1v) is 7.30. The van der Waals surface area contributed by atoms with Crippen molar-refractivity contribution in [2.45, 2.75) is 24.9 Å². The number of hydrogen-bond acceptors (Lipinski definition) is 4. The van der Waals surface area contributed by atoms with E-state index in [0.29, 0.717) is 5.69 Å². The van der Waals surface area contributed by atoms with Gasteiger partial charge in [-0.1, -0.05) is 6.07 Å². The maximum Gasteiger partial charge on any atom is 0.287 e. The summed E-state index contributed by atoms with van der Waals surface area (Å²) in [4.78, 5) is 4.24. The number of hydrogen-bond donors (Lipinski definition) is 2. The predicted octanol–water partition coefficient (Wildman–Crippen LogP) is 3.16. The van der Waals surface area contributed by atoms with Gasteiger partial charge in [-0.3, -0.25) is 0 Å². The monoisotopic (exact) mass is 297 g/mol. The number of nitrogen functional groups attached to an aromatic ring is 1. The van der Waals surface area contributed by atoms with Gasteiger partial charge in [-0.05, 0) is 54.3 Å². The van der Waals surface area contributed by atoms with Gasteiger partial charge in [0.1, 0.15) is 11.9 Å². The quantitative estimate of drug-likeness (QED) is 0.794. The molecule has 2 aromatic carbocycles. The number of benzene rings is 2. The third kappa shape index (κ3) is 2.01. The molecule has 0 amide bonds. The summed E-state index contributed by atoms with van der Waals surface area (Å²) >= 11 is 0. The van der Waals surface area contributed by atoms with E-state index in [9.17, 15) is 4.39 Å². The fourth-order valence-electron chi connectivity index (χ4n) is 3.47. The summed E-state index contributed by atoms with van der Waals surface area (Å²) in [6.45, 7) is 0. The first kappa shape index (κ1) is 13.1. The number of ether oxygens (including phenoxy) is 1. The number of fused-ring (bicyclic) bond motifs is 2. The van der Waals surface area contributed by atoms with Crippen LogP contribution >= 0.6 is 0 Å². The molecule has 1 aliphatic carbocycles. The van der Waals surface area contributed by atoms with Crippen LogP contribution in [0.4, 0.5) is 15.8 Å². The number of rotatable bonds is 1. The number of aryl methyl sites for hydroxylation is 1. The highest BCUT2D eigenvalue weighted by atomic mass is 19.1. The van der Waals surface area contributed by atoms with Gasteiger partial charge in [0.25, 0.3) is 6.02 Å². The number of halogens is 1. The Balaban J connectivity index is 1.79. The standard InChI is InChI=1S/C17H16FN3O/c18-10-2-5-12-9(7-10)1-4-13(12)16-14-8-11(19)3-6-15(14)21-17(20)22-16/h2-3,5-8,13,16H,1,4,19H2,(H2,20,21). The number of aliphatic imine (C=N–C) groups is 1. The molecule has 2 unspecified atom stereocenters. The number of nitrogens with zero attached hydrogens (tertiary/aromatic N) is 1. The predicted molar refractivity (Wildman–Crippen MR) is 83.4 cm³/mol. The summed E-state index contributed by atoms with van der Waals surface area (Å²) in [6.07, 6.45) is 1.50. The smallest absolute Gasteiger partial charge is 0.287 e. The first-order chi connectivity index (χ1) is 10.6. The van der Waals surface area contributed by atoms with Crippen LogP contribution in [-0.4, -0.2) is 6.02 Å². The molecule has 1 aliphatic heterocycles. The van der Waals surface area contributed by atoms with Crippen LogP contribution in [0.3, 0.4) is 0 Å². The van der Waals surface area contributed by atoms with Crippen LogP contribution in [0.2, 0.25) is 0 Å². The average molecular weight is 297 g/mol. The van der Waals surface area contributed by atoms with Crippen molar-refractivity contribution in [1.29, 1.82) is 0 Å². The van der Waals surface area contributed by atoms with Gasteiger partial charge in [0.05, 0.1) is 5.69 Å². The molecule has 0 fully saturated rings. The van der Waals surface area contributed by atoms with Crippen LogP contribution in [0.15, 0.2) is 41.4 Å². The molecule has 0 aromatic heterocycles. The summed E-state index contributed by atoms with van der Waals surface area (Å²) in [7, 11) is 0. The molecule has 112 valence electrons. The molecule has 4 rings (SSSR count). The van der Waals surface area contributed by atoms with E-state index in [-0.39, 0.29) is 23.9 Å². The second kappa shape index (κ2) is 4.73. The summed E-state index contributed by atoms with van der Waals surface area (Å²) in [6, 6.07) is 10.7. The summed E-state index contributed by atoms with van der Waals surface area (Å²) in [5.41, 5.74) is 16.3. The van der Waals surface area contributed by atoms with Crippen molar-refractivity contribution in [1.82, 2.24) is 0 Å². The van der Waals surface area contributed by atoms with Gasteiger partial charge in [-0.15, -0.1) is 0 Å². The van der Waals surface area contributed by atoms with E-state index in [1.165, 1.54) is 6.07 Å². The van der Waals surface area contributed by atoms with Crippen LogP contribution in [-0.2, 0) is 11.2 Å². The van der Waals surface area contributed by atoms with Gasteiger partial charge >= 0.3 is 0 Å². The van der Waals surface area contributed by atoms with Crippen molar-refractivity contribution in [3.05, 3.63) is 58.9 Å². The van der Waals surface area contributed by atoms with E-state index in [0.717, 1.165) is 35.2 Å². The molecule has 4 N–H and O–H groups in total.